The Morgan fingerprint density at radius 2 is 2.11 bits per heavy atom. The number of carbonyl (C=O) groups excluding carboxylic acids is 1. The SMILES string of the molecule is CC(C)n1nccc1-c1ncccc1COc1ccc2nnsc2c1C=O. The molecule has 7 nitrogen and oxygen atoms in total. The standard InChI is InChI=1S/C19H17N5O2S/c1-12(2)24-16(7-9-21-24)18-13(4-3-8-20-18)11-26-17-6-5-15-19(14(17)10-25)27-23-22-15/h3-10,12H,11H2,1-2H3. The number of hydrogen-bond acceptors (Lipinski definition) is 7. The quantitative estimate of drug-likeness (QED) is 0.472. The van der Waals surface area contributed by atoms with Crippen molar-refractivity contribution in [3.8, 4) is 17.1 Å². The number of pyridine rings is 1. The number of ether oxygens (including phenoxy) is 1. The predicted octanol–water partition coefficient (Wildman–Crippen LogP) is 3.92. The summed E-state index contributed by atoms with van der Waals surface area (Å²) in [6, 6.07) is 9.55. The summed E-state index contributed by atoms with van der Waals surface area (Å²) < 4.78 is 12.5. The Kier molecular flexibility index (Phi) is 4.64. The first-order valence-corrected chi connectivity index (χ1v) is 9.27. The van der Waals surface area contributed by atoms with E-state index in [0.717, 1.165) is 27.9 Å². The third-order valence-electron chi connectivity index (χ3n) is 4.21. The molecule has 0 amide bonds. The summed E-state index contributed by atoms with van der Waals surface area (Å²) in [4.78, 5) is 16.1. The number of aromatic nitrogens is 5. The van der Waals surface area contributed by atoms with Crippen LogP contribution >= 0.6 is 11.5 Å². The molecule has 0 aliphatic heterocycles. The van der Waals surface area contributed by atoms with Gasteiger partial charge in [0.1, 0.15) is 17.9 Å². The highest BCUT2D eigenvalue weighted by molar-refractivity contribution is 7.13. The van der Waals surface area contributed by atoms with Gasteiger partial charge in [-0.25, -0.2) is 0 Å². The maximum atomic E-state index is 11.6. The summed E-state index contributed by atoms with van der Waals surface area (Å²) in [6.07, 6.45) is 4.31. The molecule has 136 valence electrons. The first kappa shape index (κ1) is 17.3. The van der Waals surface area contributed by atoms with Crippen LogP contribution in [0.2, 0.25) is 0 Å². The van der Waals surface area contributed by atoms with Crippen LogP contribution in [0.1, 0.15) is 35.8 Å². The third-order valence-corrected chi connectivity index (χ3v) is 4.99. The molecular formula is C19H17N5O2S. The second-order valence-electron chi connectivity index (χ2n) is 6.27. The van der Waals surface area contributed by atoms with Crippen molar-refractivity contribution in [2.45, 2.75) is 26.5 Å². The largest absolute Gasteiger partial charge is 0.488 e. The van der Waals surface area contributed by atoms with Crippen molar-refractivity contribution < 1.29 is 9.53 Å². The first-order chi connectivity index (χ1) is 13.2. The van der Waals surface area contributed by atoms with E-state index in [-0.39, 0.29) is 12.6 Å². The van der Waals surface area contributed by atoms with E-state index in [1.807, 2.05) is 22.9 Å². The summed E-state index contributed by atoms with van der Waals surface area (Å²) in [5.74, 6) is 0.510. The molecule has 3 heterocycles. The molecular weight excluding hydrogens is 362 g/mol. The fraction of sp³-hybridized carbons (Fsp3) is 0.211. The molecule has 0 saturated heterocycles. The summed E-state index contributed by atoms with van der Waals surface area (Å²) >= 11 is 1.18. The number of aldehydes is 1. The van der Waals surface area contributed by atoms with Crippen LogP contribution in [0.15, 0.2) is 42.7 Å². The van der Waals surface area contributed by atoms with Crippen molar-refractivity contribution in [2.24, 2.45) is 0 Å². The van der Waals surface area contributed by atoms with Gasteiger partial charge < -0.3 is 4.74 Å². The molecule has 0 N–H and O–H groups in total. The maximum Gasteiger partial charge on any atom is 0.155 e. The van der Waals surface area contributed by atoms with Gasteiger partial charge in [0.2, 0.25) is 0 Å². The number of rotatable bonds is 6. The molecule has 0 unspecified atom stereocenters. The zero-order valence-corrected chi connectivity index (χ0v) is 15.7. The molecule has 27 heavy (non-hydrogen) atoms. The molecule has 8 heteroatoms. The molecule has 0 saturated carbocycles. The smallest absolute Gasteiger partial charge is 0.155 e. The average molecular weight is 379 g/mol. The fourth-order valence-electron chi connectivity index (χ4n) is 2.94. The van der Waals surface area contributed by atoms with Crippen LogP contribution in [0.4, 0.5) is 0 Å². The molecule has 3 aromatic heterocycles. The van der Waals surface area contributed by atoms with Gasteiger partial charge in [0.05, 0.1) is 21.7 Å². The van der Waals surface area contributed by atoms with Gasteiger partial charge in [0.15, 0.2) is 6.29 Å². The number of carbonyl (C=O) groups is 1. The van der Waals surface area contributed by atoms with Crippen molar-refractivity contribution >= 4 is 28.0 Å². The predicted molar refractivity (Wildman–Crippen MR) is 103 cm³/mol. The Morgan fingerprint density at radius 1 is 1.22 bits per heavy atom. The maximum absolute atomic E-state index is 11.6. The topological polar surface area (TPSA) is 82.8 Å². The number of nitrogens with zero attached hydrogens (tertiary/aromatic N) is 5. The molecule has 0 aliphatic carbocycles. The highest BCUT2D eigenvalue weighted by Crippen LogP contribution is 2.30. The Morgan fingerprint density at radius 3 is 2.93 bits per heavy atom. The van der Waals surface area contributed by atoms with Gasteiger partial charge in [-0.15, -0.1) is 5.10 Å². The average Bonchev–Trinajstić information content (AvgIpc) is 3.35. The first-order valence-electron chi connectivity index (χ1n) is 8.50. The minimum Gasteiger partial charge on any atom is -0.488 e. The molecule has 0 radical (unpaired) electrons. The van der Waals surface area contributed by atoms with E-state index >= 15 is 0 Å². The molecule has 1 aromatic carbocycles. The van der Waals surface area contributed by atoms with Gasteiger partial charge >= 0.3 is 0 Å². The number of benzene rings is 1. The minimum atomic E-state index is 0.216. The van der Waals surface area contributed by atoms with Crippen LogP contribution < -0.4 is 4.74 Å². The van der Waals surface area contributed by atoms with Gasteiger partial charge in [-0.2, -0.15) is 5.10 Å². The van der Waals surface area contributed by atoms with Gasteiger partial charge in [-0.05, 0) is 49.6 Å². The van der Waals surface area contributed by atoms with Crippen molar-refractivity contribution in [2.75, 3.05) is 0 Å². The third kappa shape index (κ3) is 3.19. The van der Waals surface area contributed by atoms with Crippen molar-refractivity contribution in [1.29, 1.82) is 0 Å². The summed E-state index contributed by atoms with van der Waals surface area (Å²) in [5, 5.41) is 8.38. The van der Waals surface area contributed by atoms with E-state index in [0.29, 0.717) is 16.8 Å². The summed E-state index contributed by atoms with van der Waals surface area (Å²) in [7, 11) is 0. The van der Waals surface area contributed by atoms with E-state index < -0.39 is 0 Å². The molecule has 0 spiro atoms. The van der Waals surface area contributed by atoms with Crippen LogP contribution in [0, 0.1) is 0 Å². The zero-order chi connectivity index (χ0) is 18.8. The lowest BCUT2D eigenvalue weighted by atomic mass is 10.1. The monoisotopic (exact) mass is 379 g/mol. The Bertz CT molecular complexity index is 1100. The van der Waals surface area contributed by atoms with Crippen LogP contribution in [-0.4, -0.2) is 30.6 Å². The van der Waals surface area contributed by atoms with E-state index in [1.165, 1.54) is 11.5 Å². The van der Waals surface area contributed by atoms with Crippen LogP contribution in [0.5, 0.6) is 5.75 Å². The van der Waals surface area contributed by atoms with Crippen LogP contribution in [0.25, 0.3) is 21.6 Å². The molecule has 0 atom stereocenters. The van der Waals surface area contributed by atoms with E-state index in [2.05, 4.69) is 33.5 Å². The van der Waals surface area contributed by atoms with E-state index in [1.54, 1.807) is 24.5 Å². The van der Waals surface area contributed by atoms with Crippen molar-refractivity contribution in [3.63, 3.8) is 0 Å². The lowest BCUT2D eigenvalue weighted by Gasteiger charge is -2.14. The molecule has 0 aliphatic rings. The summed E-state index contributed by atoms with van der Waals surface area (Å²) in [5.41, 5.74) is 3.83. The lowest BCUT2D eigenvalue weighted by Crippen LogP contribution is -2.08. The van der Waals surface area contributed by atoms with Gasteiger partial charge in [-0.3, -0.25) is 14.5 Å². The van der Waals surface area contributed by atoms with E-state index in [4.69, 9.17) is 4.74 Å². The highest BCUT2D eigenvalue weighted by atomic mass is 32.1. The number of hydrogen-bond donors (Lipinski definition) is 0. The van der Waals surface area contributed by atoms with Crippen molar-refractivity contribution in [3.05, 3.63) is 53.9 Å². The highest BCUT2D eigenvalue weighted by Gasteiger charge is 2.16. The molecule has 0 bridgehead atoms. The minimum absolute atomic E-state index is 0.216. The van der Waals surface area contributed by atoms with Gasteiger partial charge in [0.25, 0.3) is 0 Å². The summed E-state index contributed by atoms with van der Waals surface area (Å²) in [6.45, 7) is 4.43. The normalized spacial score (nSPS) is 11.2. The molecule has 0 fully saturated rings. The second-order valence-corrected chi connectivity index (χ2v) is 7.03. The van der Waals surface area contributed by atoms with Crippen molar-refractivity contribution in [1.82, 2.24) is 24.4 Å². The Labute approximate surface area is 159 Å². The van der Waals surface area contributed by atoms with Crippen LogP contribution in [0.3, 0.4) is 0 Å². The van der Waals surface area contributed by atoms with E-state index in [9.17, 15) is 4.79 Å². The Hall–Kier alpha value is -3.13. The second kappa shape index (κ2) is 7.24. The van der Waals surface area contributed by atoms with Gasteiger partial charge in [0, 0.05) is 24.0 Å². The zero-order valence-electron chi connectivity index (χ0n) is 14.9. The molecule has 4 aromatic rings. The van der Waals surface area contributed by atoms with Gasteiger partial charge in [-0.1, -0.05) is 10.6 Å². The lowest BCUT2D eigenvalue weighted by molar-refractivity contribution is 0.112. The fourth-order valence-corrected chi connectivity index (χ4v) is 3.60. The van der Waals surface area contributed by atoms with Crippen LogP contribution in [-0.2, 0) is 6.61 Å². The number of fused-ring (bicyclic) bond motifs is 1. The molecule has 4 rings (SSSR count). The Balaban J connectivity index is 1.67.